The summed E-state index contributed by atoms with van der Waals surface area (Å²) in [5.41, 5.74) is 8.03. The molecule has 0 aromatic heterocycles. The van der Waals surface area contributed by atoms with E-state index >= 15 is 0 Å². The molecule has 0 aliphatic rings. The second-order valence-corrected chi connectivity index (χ2v) is 5.59. The zero-order valence-corrected chi connectivity index (χ0v) is 13.2. The van der Waals surface area contributed by atoms with Crippen LogP contribution in [-0.4, -0.2) is 20.0 Å². The Bertz CT molecular complexity index is 687. The molecule has 21 heavy (non-hydrogen) atoms. The number of benzene rings is 2. The maximum atomic E-state index is 12.4. The van der Waals surface area contributed by atoms with Crippen molar-refractivity contribution < 1.29 is 4.79 Å². The van der Waals surface area contributed by atoms with E-state index in [2.05, 4.69) is 5.32 Å². The fraction of sp³-hybridized carbons (Fsp3) is 0.133. The first-order valence-corrected chi connectivity index (χ1v) is 6.97. The minimum Gasteiger partial charge on any atom is -0.399 e. The number of nitrogens with zero attached hydrogens (tertiary/aromatic N) is 1. The monoisotopic (exact) mass is 323 g/mol. The molecule has 0 aliphatic heterocycles. The Kier molecular flexibility index (Phi) is 4.60. The first-order chi connectivity index (χ1) is 9.88. The third-order valence-electron chi connectivity index (χ3n) is 2.93. The molecule has 2 rings (SSSR count). The van der Waals surface area contributed by atoms with Crippen LogP contribution in [0.15, 0.2) is 36.4 Å². The van der Waals surface area contributed by atoms with Gasteiger partial charge in [0.15, 0.2) is 0 Å². The Hall–Kier alpha value is -1.91. The Labute approximate surface area is 133 Å². The normalized spacial score (nSPS) is 10.3. The molecule has 1 amide bonds. The van der Waals surface area contributed by atoms with Crippen LogP contribution in [0.2, 0.25) is 10.0 Å². The highest BCUT2D eigenvalue weighted by atomic mass is 35.5. The summed E-state index contributed by atoms with van der Waals surface area (Å²) in [6, 6.07) is 10.1. The maximum absolute atomic E-state index is 12.4. The summed E-state index contributed by atoms with van der Waals surface area (Å²) in [6.07, 6.45) is 0. The molecule has 6 heteroatoms. The van der Waals surface area contributed by atoms with E-state index in [9.17, 15) is 4.79 Å². The van der Waals surface area contributed by atoms with Gasteiger partial charge in [-0.1, -0.05) is 23.2 Å². The number of hydrogen-bond acceptors (Lipinski definition) is 3. The summed E-state index contributed by atoms with van der Waals surface area (Å²) in [4.78, 5) is 14.3. The summed E-state index contributed by atoms with van der Waals surface area (Å²) in [5.74, 6) is -0.282. The first-order valence-electron chi connectivity index (χ1n) is 6.21. The van der Waals surface area contributed by atoms with Gasteiger partial charge in [0.2, 0.25) is 0 Å². The van der Waals surface area contributed by atoms with Crippen molar-refractivity contribution in [2.45, 2.75) is 0 Å². The highest BCUT2D eigenvalue weighted by Gasteiger charge is 2.15. The summed E-state index contributed by atoms with van der Waals surface area (Å²) in [6.45, 7) is 0. The maximum Gasteiger partial charge on any atom is 0.257 e. The molecule has 0 aliphatic carbocycles. The molecule has 0 radical (unpaired) electrons. The molecular weight excluding hydrogens is 309 g/mol. The molecule has 0 atom stereocenters. The molecule has 4 nitrogen and oxygen atoms in total. The summed E-state index contributed by atoms with van der Waals surface area (Å²) < 4.78 is 0. The van der Waals surface area contributed by atoms with Gasteiger partial charge in [0.25, 0.3) is 5.91 Å². The SMILES string of the molecule is CN(C)c1ccc(N)cc1C(=O)Nc1ccc(Cl)cc1Cl. The predicted octanol–water partition coefficient (Wildman–Crippen LogP) is 3.89. The zero-order chi connectivity index (χ0) is 15.6. The van der Waals surface area contributed by atoms with E-state index in [0.717, 1.165) is 5.69 Å². The van der Waals surface area contributed by atoms with Crippen LogP contribution in [0.1, 0.15) is 10.4 Å². The molecule has 110 valence electrons. The van der Waals surface area contributed by atoms with Crippen molar-refractivity contribution in [3.05, 3.63) is 52.0 Å². The first kappa shape index (κ1) is 15.5. The van der Waals surface area contributed by atoms with Gasteiger partial charge in [-0.15, -0.1) is 0 Å². The molecule has 0 fully saturated rings. The summed E-state index contributed by atoms with van der Waals surface area (Å²) >= 11 is 11.9. The topological polar surface area (TPSA) is 58.4 Å². The Morgan fingerprint density at radius 2 is 1.86 bits per heavy atom. The van der Waals surface area contributed by atoms with Gasteiger partial charge in [-0.05, 0) is 36.4 Å². The van der Waals surface area contributed by atoms with Crippen LogP contribution in [0, 0.1) is 0 Å². The van der Waals surface area contributed by atoms with Gasteiger partial charge in [0.1, 0.15) is 0 Å². The second kappa shape index (κ2) is 6.24. The Morgan fingerprint density at radius 1 is 1.14 bits per heavy atom. The number of amides is 1. The lowest BCUT2D eigenvalue weighted by Gasteiger charge is -2.18. The number of nitrogens with two attached hydrogens (primary N) is 1. The van der Waals surface area contributed by atoms with Crippen molar-refractivity contribution >= 4 is 46.2 Å². The second-order valence-electron chi connectivity index (χ2n) is 4.75. The molecule has 3 N–H and O–H groups in total. The third kappa shape index (κ3) is 3.60. The molecule has 0 bridgehead atoms. The van der Waals surface area contributed by atoms with Gasteiger partial charge in [-0.2, -0.15) is 0 Å². The molecule has 0 saturated carbocycles. The Morgan fingerprint density at radius 3 is 2.48 bits per heavy atom. The number of carbonyl (C=O) groups is 1. The van der Waals surface area contributed by atoms with Crippen LogP contribution < -0.4 is 16.0 Å². The van der Waals surface area contributed by atoms with Crippen molar-refractivity contribution in [1.29, 1.82) is 0 Å². The van der Waals surface area contributed by atoms with Gasteiger partial charge < -0.3 is 16.0 Å². The van der Waals surface area contributed by atoms with Gasteiger partial charge in [0, 0.05) is 30.5 Å². The minimum absolute atomic E-state index is 0.282. The highest BCUT2D eigenvalue weighted by Crippen LogP contribution is 2.27. The minimum atomic E-state index is -0.282. The van der Waals surface area contributed by atoms with Crippen LogP contribution in [0.3, 0.4) is 0 Å². The number of carbonyl (C=O) groups excluding carboxylic acids is 1. The fourth-order valence-electron chi connectivity index (χ4n) is 1.91. The third-order valence-corrected chi connectivity index (χ3v) is 3.47. The van der Waals surface area contributed by atoms with Crippen molar-refractivity contribution in [2.75, 3.05) is 30.0 Å². The number of rotatable bonds is 3. The van der Waals surface area contributed by atoms with E-state index in [1.165, 1.54) is 0 Å². The van der Waals surface area contributed by atoms with Crippen LogP contribution in [0.4, 0.5) is 17.1 Å². The number of hydrogen-bond donors (Lipinski definition) is 2. The van der Waals surface area contributed by atoms with Gasteiger partial charge in [0.05, 0.1) is 16.3 Å². The molecule has 2 aromatic carbocycles. The molecule has 0 heterocycles. The number of nitrogens with one attached hydrogen (secondary N) is 1. The highest BCUT2D eigenvalue weighted by molar-refractivity contribution is 6.36. The lowest BCUT2D eigenvalue weighted by Crippen LogP contribution is -2.19. The summed E-state index contributed by atoms with van der Waals surface area (Å²) in [7, 11) is 3.72. The zero-order valence-electron chi connectivity index (χ0n) is 11.7. The number of anilines is 3. The largest absolute Gasteiger partial charge is 0.399 e. The van der Waals surface area contributed by atoms with E-state index in [1.807, 2.05) is 19.0 Å². The van der Waals surface area contributed by atoms with Crippen molar-refractivity contribution in [1.82, 2.24) is 0 Å². The van der Waals surface area contributed by atoms with Crippen LogP contribution in [0.25, 0.3) is 0 Å². The van der Waals surface area contributed by atoms with Crippen LogP contribution in [-0.2, 0) is 0 Å². The number of nitrogen functional groups attached to an aromatic ring is 1. The molecule has 0 unspecified atom stereocenters. The fourth-order valence-corrected chi connectivity index (χ4v) is 2.36. The van der Waals surface area contributed by atoms with E-state index in [1.54, 1.807) is 36.4 Å². The van der Waals surface area contributed by atoms with Gasteiger partial charge in [-0.25, -0.2) is 0 Å². The summed E-state index contributed by atoms with van der Waals surface area (Å²) in [5, 5.41) is 3.66. The van der Waals surface area contributed by atoms with E-state index in [-0.39, 0.29) is 5.91 Å². The van der Waals surface area contributed by atoms with Gasteiger partial charge in [-0.3, -0.25) is 4.79 Å². The molecule has 0 saturated heterocycles. The van der Waals surface area contributed by atoms with Crippen molar-refractivity contribution in [2.24, 2.45) is 0 Å². The van der Waals surface area contributed by atoms with E-state index in [0.29, 0.717) is 27.0 Å². The van der Waals surface area contributed by atoms with Crippen LogP contribution >= 0.6 is 23.2 Å². The van der Waals surface area contributed by atoms with Crippen LogP contribution in [0.5, 0.6) is 0 Å². The number of halogens is 2. The van der Waals surface area contributed by atoms with Gasteiger partial charge >= 0.3 is 0 Å². The van der Waals surface area contributed by atoms with Crippen molar-refractivity contribution in [3.63, 3.8) is 0 Å². The standard InChI is InChI=1S/C15H15Cl2N3O/c1-20(2)14-6-4-10(18)8-11(14)15(21)19-13-5-3-9(16)7-12(13)17/h3-8H,18H2,1-2H3,(H,19,21). The Balaban J connectivity index is 2.34. The molecular formula is C15H15Cl2N3O. The average Bonchev–Trinajstić information content (AvgIpc) is 2.41. The van der Waals surface area contributed by atoms with Crippen molar-refractivity contribution in [3.8, 4) is 0 Å². The smallest absolute Gasteiger partial charge is 0.257 e. The predicted molar refractivity (Wildman–Crippen MR) is 89.6 cm³/mol. The lowest BCUT2D eigenvalue weighted by atomic mass is 10.1. The molecule has 2 aromatic rings. The lowest BCUT2D eigenvalue weighted by molar-refractivity contribution is 0.102. The molecule has 0 spiro atoms. The van der Waals surface area contributed by atoms with E-state index in [4.69, 9.17) is 28.9 Å². The average molecular weight is 324 g/mol. The van der Waals surface area contributed by atoms with E-state index < -0.39 is 0 Å². The quantitative estimate of drug-likeness (QED) is 0.842.